The van der Waals surface area contributed by atoms with Crippen LogP contribution in [-0.2, 0) is 16.7 Å². The van der Waals surface area contributed by atoms with Gasteiger partial charge >= 0.3 is 0 Å². The largest absolute Gasteiger partial charge is 0.508 e. The van der Waals surface area contributed by atoms with Gasteiger partial charge < -0.3 is 14.9 Å². The zero-order chi connectivity index (χ0) is 14.6. The molecular formula is C17H21NO3. The second-order valence-electron chi connectivity index (χ2n) is 6.35. The minimum absolute atomic E-state index is 0.188. The van der Waals surface area contributed by atoms with E-state index in [0.29, 0.717) is 5.75 Å². The van der Waals surface area contributed by atoms with E-state index in [4.69, 9.17) is 4.74 Å². The van der Waals surface area contributed by atoms with Crippen LogP contribution in [-0.4, -0.2) is 47.5 Å². The highest BCUT2D eigenvalue weighted by Gasteiger charge is 2.53. The number of rotatable bonds is 1. The van der Waals surface area contributed by atoms with Crippen molar-refractivity contribution in [2.75, 3.05) is 20.2 Å². The highest BCUT2D eigenvalue weighted by molar-refractivity contribution is 5.50. The number of aliphatic hydroxyl groups excluding tert-OH is 1. The van der Waals surface area contributed by atoms with Crippen molar-refractivity contribution >= 4 is 0 Å². The molecule has 1 fully saturated rings. The van der Waals surface area contributed by atoms with E-state index in [9.17, 15) is 10.2 Å². The molecule has 4 heteroatoms. The fourth-order valence-electron chi connectivity index (χ4n) is 4.46. The molecule has 4 rings (SSSR count). The lowest BCUT2D eigenvalue weighted by molar-refractivity contribution is -0.0344. The standard InChI is InChI=1S/C17H21NO3/c1-21-16-10-17-12(8-15(16)20)5-7-18(17)6-4-11-2-3-13(19)9-14(11)17/h2-3,8-9,15-16,19-20H,4-7,10H2,1H3. The Morgan fingerprint density at radius 2 is 2.10 bits per heavy atom. The number of phenols is 1. The predicted octanol–water partition coefficient (Wildman–Crippen LogP) is 1.56. The minimum Gasteiger partial charge on any atom is -0.508 e. The van der Waals surface area contributed by atoms with Gasteiger partial charge in [0.25, 0.3) is 0 Å². The van der Waals surface area contributed by atoms with Gasteiger partial charge in [0.05, 0.1) is 17.7 Å². The molecular weight excluding hydrogens is 266 g/mol. The van der Waals surface area contributed by atoms with Crippen LogP contribution >= 0.6 is 0 Å². The van der Waals surface area contributed by atoms with Crippen molar-refractivity contribution in [3.8, 4) is 5.75 Å². The van der Waals surface area contributed by atoms with Crippen LogP contribution in [0.2, 0.25) is 0 Å². The van der Waals surface area contributed by atoms with Crippen molar-refractivity contribution in [1.82, 2.24) is 4.90 Å². The third-order valence-corrected chi connectivity index (χ3v) is 5.46. The van der Waals surface area contributed by atoms with Crippen LogP contribution in [0.5, 0.6) is 5.75 Å². The van der Waals surface area contributed by atoms with Crippen LogP contribution in [0.25, 0.3) is 0 Å². The molecule has 0 amide bonds. The van der Waals surface area contributed by atoms with E-state index in [2.05, 4.69) is 4.90 Å². The molecule has 1 aliphatic carbocycles. The molecule has 112 valence electrons. The molecule has 1 spiro atoms. The fraction of sp³-hybridized carbons (Fsp3) is 0.529. The summed E-state index contributed by atoms with van der Waals surface area (Å²) in [6.07, 6.45) is 4.03. The molecule has 2 aliphatic heterocycles. The monoisotopic (exact) mass is 287 g/mol. The summed E-state index contributed by atoms with van der Waals surface area (Å²) in [4.78, 5) is 2.50. The lowest BCUT2D eigenvalue weighted by atomic mass is 9.70. The molecule has 2 heterocycles. The summed E-state index contributed by atoms with van der Waals surface area (Å²) in [5, 5.41) is 20.2. The van der Waals surface area contributed by atoms with Gasteiger partial charge in [-0.15, -0.1) is 0 Å². The molecule has 3 unspecified atom stereocenters. The summed E-state index contributed by atoms with van der Waals surface area (Å²) in [5.74, 6) is 0.316. The molecule has 3 atom stereocenters. The Kier molecular flexibility index (Phi) is 2.89. The van der Waals surface area contributed by atoms with E-state index in [1.54, 1.807) is 13.2 Å². The molecule has 3 aliphatic rings. The average Bonchev–Trinajstić information content (AvgIpc) is 2.85. The van der Waals surface area contributed by atoms with Crippen LogP contribution in [0, 0.1) is 0 Å². The molecule has 21 heavy (non-hydrogen) atoms. The summed E-state index contributed by atoms with van der Waals surface area (Å²) >= 11 is 0. The number of ether oxygens (including phenoxy) is 1. The Labute approximate surface area is 124 Å². The maximum atomic E-state index is 10.2. The zero-order valence-corrected chi connectivity index (χ0v) is 12.2. The van der Waals surface area contributed by atoms with E-state index >= 15 is 0 Å². The van der Waals surface area contributed by atoms with Gasteiger partial charge in [-0.3, -0.25) is 4.90 Å². The SMILES string of the molecule is COC1CC23C(=CC1O)CCN2CCc1ccc(O)cc13. The molecule has 0 radical (unpaired) electrons. The van der Waals surface area contributed by atoms with Crippen molar-refractivity contribution in [3.63, 3.8) is 0 Å². The quantitative estimate of drug-likeness (QED) is 0.770. The first kappa shape index (κ1) is 13.3. The van der Waals surface area contributed by atoms with Crippen molar-refractivity contribution in [2.24, 2.45) is 0 Å². The highest BCUT2D eigenvalue weighted by atomic mass is 16.5. The van der Waals surface area contributed by atoms with Gasteiger partial charge in [-0.25, -0.2) is 0 Å². The average molecular weight is 287 g/mol. The molecule has 4 nitrogen and oxygen atoms in total. The van der Waals surface area contributed by atoms with Gasteiger partial charge in [-0.1, -0.05) is 12.1 Å². The first-order valence-electron chi connectivity index (χ1n) is 7.64. The van der Waals surface area contributed by atoms with Crippen molar-refractivity contribution in [1.29, 1.82) is 0 Å². The topological polar surface area (TPSA) is 52.9 Å². The Balaban J connectivity index is 1.92. The van der Waals surface area contributed by atoms with Gasteiger partial charge in [-0.2, -0.15) is 0 Å². The second-order valence-corrected chi connectivity index (χ2v) is 6.35. The maximum Gasteiger partial charge on any atom is 0.115 e. The molecule has 1 saturated heterocycles. The number of phenolic OH excluding ortho intramolecular Hbond substituents is 1. The Bertz CT molecular complexity index is 612. The number of nitrogens with zero attached hydrogens (tertiary/aromatic N) is 1. The van der Waals surface area contributed by atoms with Crippen LogP contribution in [0.15, 0.2) is 29.8 Å². The van der Waals surface area contributed by atoms with E-state index in [0.717, 1.165) is 32.4 Å². The van der Waals surface area contributed by atoms with Crippen LogP contribution in [0.3, 0.4) is 0 Å². The van der Waals surface area contributed by atoms with Gasteiger partial charge in [0.1, 0.15) is 5.75 Å². The van der Waals surface area contributed by atoms with Gasteiger partial charge in [0.2, 0.25) is 0 Å². The Hall–Kier alpha value is -1.36. The lowest BCUT2D eigenvalue weighted by Gasteiger charge is -2.48. The Morgan fingerprint density at radius 3 is 2.90 bits per heavy atom. The van der Waals surface area contributed by atoms with Gasteiger partial charge in [0.15, 0.2) is 0 Å². The molecule has 1 aromatic carbocycles. The predicted molar refractivity (Wildman–Crippen MR) is 79.2 cm³/mol. The Morgan fingerprint density at radius 1 is 1.29 bits per heavy atom. The van der Waals surface area contributed by atoms with Crippen LogP contribution in [0.1, 0.15) is 24.0 Å². The third kappa shape index (κ3) is 1.73. The van der Waals surface area contributed by atoms with Crippen molar-refractivity contribution in [3.05, 3.63) is 41.0 Å². The molecule has 0 bridgehead atoms. The maximum absolute atomic E-state index is 10.2. The normalized spacial score (nSPS) is 34.9. The minimum atomic E-state index is -0.529. The molecule has 0 aromatic heterocycles. The fourth-order valence-corrected chi connectivity index (χ4v) is 4.46. The van der Waals surface area contributed by atoms with Crippen molar-refractivity contribution in [2.45, 2.75) is 37.0 Å². The number of benzene rings is 1. The van der Waals surface area contributed by atoms with Gasteiger partial charge in [0, 0.05) is 26.6 Å². The summed E-state index contributed by atoms with van der Waals surface area (Å²) in [6, 6.07) is 5.72. The lowest BCUT2D eigenvalue weighted by Crippen LogP contribution is -2.52. The molecule has 2 N–H and O–H groups in total. The third-order valence-electron chi connectivity index (χ3n) is 5.46. The summed E-state index contributed by atoms with van der Waals surface area (Å²) in [5.41, 5.74) is 3.61. The summed E-state index contributed by atoms with van der Waals surface area (Å²) < 4.78 is 5.52. The number of hydrogen-bond acceptors (Lipinski definition) is 4. The number of methoxy groups -OCH3 is 1. The van der Waals surface area contributed by atoms with Gasteiger partial charge in [-0.05, 0) is 41.7 Å². The number of aliphatic hydroxyl groups is 1. The zero-order valence-electron chi connectivity index (χ0n) is 12.2. The first-order chi connectivity index (χ1) is 10.1. The van der Waals surface area contributed by atoms with Crippen molar-refractivity contribution < 1.29 is 14.9 Å². The van der Waals surface area contributed by atoms with E-state index < -0.39 is 6.10 Å². The number of hydrogen-bond donors (Lipinski definition) is 2. The molecule has 0 saturated carbocycles. The van der Waals surface area contributed by atoms with Crippen LogP contribution < -0.4 is 0 Å². The van der Waals surface area contributed by atoms with Crippen LogP contribution in [0.4, 0.5) is 0 Å². The summed E-state index contributed by atoms with van der Waals surface area (Å²) in [6.45, 7) is 2.05. The van der Waals surface area contributed by atoms with E-state index in [1.165, 1.54) is 16.7 Å². The smallest absolute Gasteiger partial charge is 0.115 e. The number of aromatic hydroxyl groups is 1. The molecule has 1 aromatic rings. The highest BCUT2D eigenvalue weighted by Crippen LogP contribution is 2.53. The first-order valence-corrected chi connectivity index (χ1v) is 7.64. The summed E-state index contributed by atoms with van der Waals surface area (Å²) in [7, 11) is 1.66. The number of fused-ring (bicyclic) bond motifs is 1. The second kappa shape index (κ2) is 4.57. The van der Waals surface area contributed by atoms with E-state index in [-0.39, 0.29) is 11.6 Å². The van der Waals surface area contributed by atoms with E-state index in [1.807, 2.05) is 18.2 Å².